The molecule has 3 unspecified atom stereocenters. The largest absolute Gasteiger partial charge is 0.326 e. The zero-order chi connectivity index (χ0) is 13.3. The zero-order valence-corrected chi connectivity index (χ0v) is 12.1. The van der Waals surface area contributed by atoms with Crippen LogP contribution in [0.2, 0.25) is 0 Å². The zero-order valence-electron chi connectivity index (χ0n) is 12.1. The number of hydrogen-bond acceptors (Lipinski definition) is 2. The molecular formula is C16H26N2. The van der Waals surface area contributed by atoms with Crippen LogP contribution in [0.4, 0.5) is 0 Å². The lowest BCUT2D eigenvalue weighted by atomic mass is 9.91. The summed E-state index contributed by atoms with van der Waals surface area (Å²) in [5.74, 6) is 0.659. The van der Waals surface area contributed by atoms with Gasteiger partial charge in [-0.15, -0.1) is 0 Å². The molecule has 0 bridgehead atoms. The second-order valence-electron chi connectivity index (χ2n) is 5.96. The summed E-state index contributed by atoms with van der Waals surface area (Å²) in [5.41, 5.74) is 10.4. The lowest BCUT2D eigenvalue weighted by Gasteiger charge is -2.39. The van der Waals surface area contributed by atoms with E-state index >= 15 is 0 Å². The number of likely N-dealkylation sites (tertiary alicyclic amines) is 1. The third kappa shape index (κ3) is 2.76. The number of nitrogens with two attached hydrogens (primary N) is 1. The van der Waals surface area contributed by atoms with Crippen LogP contribution in [-0.2, 0) is 0 Å². The summed E-state index contributed by atoms with van der Waals surface area (Å²) in [6, 6.07) is 7.54. The molecule has 0 aromatic heterocycles. The van der Waals surface area contributed by atoms with E-state index in [-0.39, 0.29) is 0 Å². The minimum Gasteiger partial charge on any atom is -0.326 e. The fourth-order valence-electron chi connectivity index (χ4n) is 2.88. The summed E-state index contributed by atoms with van der Waals surface area (Å²) in [6.07, 6.45) is 1.22. The Morgan fingerprint density at radius 3 is 2.72 bits per heavy atom. The maximum atomic E-state index is 6.21. The van der Waals surface area contributed by atoms with Gasteiger partial charge in [0.15, 0.2) is 0 Å². The maximum Gasteiger partial charge on any atom is 0.0323 e. The highest BCUT2D eigenvalue weighted by atomic mass is 15.2. The highest BCUT2D eigenvalue weighted by molar-refractivity contribution is 5.32. The molecular weight excluding hydrogens is 220 g/mol. The first-order chi connectivity index (χ1) is 8.49. The molecule has 2 nitrogen and oxygen atoms in total. The van der Waals surface area contributed by atoms with E-state index in [0.717, 1.165) is 6.54 Å². The molecule has 0 spiro atoms. The van der Waals surface area contributed by atoms with Gasteiger partial charge in [0.05, 0.1) is 0 Å². The van der Waals surface area contributed by atoms with Crippen LogP contribution in [0.5, 0.6) is 0 Å². The molecule has 0 amide bonds. The van der Waals surface area contributed by atoms with E-state index in [0.29, 0.717) is 18.0 Å². The molecule has 100 valence electrons. The number of aryl methyl sites for hydroxylation is 2. The first-order valence-corrected chi connectivity index (χ1v) is 7.06. The molecule has 0 saturated carbocycles. The number of nitrogens with zero attached hydrogens (tertiary/aromatic N) is 1. The van der Waals surface area contributed by atoms with Gasteiger partial charge in [-0.2, -0.15) is 0 Å². The van der Waals surface area contributed by atoms with E-state index in [1.807, 2.05) is 0 Å². The molecule has 1 saturated heterocycles. The van der Waals surface area contributed by atoms with Gasteiger partial charge in [0.25, 0.3) is 0 Å². The molecule has 2 N–H and O–H groups in total. The van der Waals surface area contributed by atoms with Crippen molar-refractivity contribution in [3.8, 4) is 0 Å². The van der Waals surface area contributed by atoms with Gasteiger partial charge in [0.1, 0.15) is 0 Å². The van der Waals surface area contributed by atoms with E-state index < -0.39 is 0 Å². The standard InChI is InChI=1S/C16H26N2/c1-11-5-6-12(2)15(9-11)14(4)18-8-7-13(3)16(17)10-18/h5-6,9,13-14,16H,7-8,10,17H2,1-4H3. The summed E-state index contributed by atoms with van der Waals surface area (Å²) >= 11 is 0. The molecule has 1 aliphatic rings. The summed E-state index contributed by atoms with van der Waals surface area (Å²) in [6.45, 7) is 11.1. The Labute approximate surface area is 111 Å². The van der Waals surface area contributed by atoms with Crippen LogP contribution in [0.15, 0.2) is 18.2 Å². The van der Waals surface area contributed by atoms with Crippen molar-refractivity contribution in [1.82, 2.24) is 4.90 Å². The molecule has 1 aromatic carbocycles. The summed E-state index contributed by atoms with van der Waals surface area (Å²) in [7, 11) is 0. The van der Waals surface area contributed by atoms with Crippen molar-refractivity contribution in [3.63, 3.8) is 0 Å². The number of rotatable bonds is 2. The Balaban J connectivity index is 2.16. The number of hydrogen-bond donors (Lipinski definition) is 1. The number of benzene rings is 1. The van der Waals surface area contributed by atoms with E-state index in [4.69, 9.17) is 5.73 Å². The molecule has 1 fully saturated rings. The predicted octanol–water partition coefficient (Wildman–Crippen LogP) is 3.03. The molecule has 1 aliphatic heterocycles. The summed E-state index contributed by atoms with van der Waals surface area (Å²) in [4.78, 5) is 2.53. The van der Waals surface area contributed by atoms with Crippen molar-refractivity contribution in [2.24, 2.45) is 11.7 Å². The van der Waals surface area contributed by atoms with Gasteiger partial charge in [-0.1, -0.05) is 30.7 Å². The molecule has 18 heavy (non-hydrogen) atoms. The monoisotopic (exact) mass is 246 g/mol. The van der Waals surface area contributed by atoms with E-state index in [1.165, 1.54) is 29.7 Å². The van der Waals surface area contributed by atoms with Gasteiger partial charge in [0, 0.05) is 18.6 Å². The lowest BCUT2D eigenvalue weighted by Crippen LogP contribution is -2.48. The number of piperidine rings is 1. The van der Waals surface area contributed by atoms with Crippen LogP contribution in [0.3, 0.4) is 0 Å². The Morgan fingerprint density at radius 1 is 1.33 bits per heavy atom. The van der Waals surface area contributed by atoms with Crippen LogP contribution in [0.25, 0.3) is 0 Å². The van der Waals surface area contributed by atoms with Gasteiger partial charge >= 0.3 is 0 Å². The van der Waals surface area contributed by atoms with E-state index in [1.54, 1.807) is 0 Å². The van der Waals surface area contributed by atoms with Crippen LogP contribution < -0.4 is 5.73 Å². The molecule has 1 aromatic rings. The second kappa shape index (κ2) is 5.41. The van der Waals surface area contributed by atoms with Gasteiger partial charge in [-0.25, -0.2) is 0 Å². The Morgan fingerprint density at radius 2 is 2.06 bits per heavy atom. The maximum absolute atomic E-state index is 6.21. The topological polar surface area (TPSA) is 29.3 Å². The van der Waals surface area contributed by atoms with Crippen LogP contribution in [-0.4, -0.2) is 24.0 Å². The Bertz CT molecular complexity index is 414. The smallest absolute Gasteiger partial charge is 0.0323 e. The average molecular weight is 246 g/mol. The molecule has 0 aliphatic carbocycles. The molecule has 2 heteroatoms. The Kier molecular flexibility index (Phi) is 4.08. The normalized spacial score (nSPS) is 27.2. The SMILES string of the molecule is Cc1ccc(C)c(C(C)N2CCC(C)C(N)C2)c1. The fourth-order valence-corrected chi connectivity index (χ4v) is 2.88. The second-order valence-corrected chi connectivity index (χ2v) is 5.96. The first-order valence-electron chi connectivity index (χ1n) is 7.06. The van der Waals surface area contributed by atoms with Crippen LogP contribution in [0.1, 0.15) is 43.0 Å². The summed E-state index contributed by atoms with van der Waals surface area (Å²) in [5, 5.41) is 0. The highest BCUT2D eigenvalue weighted by Gasteiger charge is 2.27. The average Bonchev–Trinajstić information content (AvgIpc) is 2.35. The van der Waals surface area contributed by atoms with Crippen molar-refractivity contribution in [2.75, 3.05) is 13.1 Å². The minimum absolute atomic E-state index is 0.325. The van der Waals surface area contributed by atoms with Crippen LogP contribution >= 0.6 is 0 Å². The van der Waals surface area contributed by atoms with Crippen molar-refractivity contribution >= 4 is 0 Å². The lowest BCUT2D eigenvalue weighted by molar-refractivity contribution is 0.128. The Hall–Kier alpha value is -0.860. The fraction of sp³-hybridized carbons (Fsp3) is 0.625. The van der Waals surface area contributed by atoms with Crippen molar-refractivity contribution in [2.45, 2.75) is 46.2 Å². The third-order valence-electron chi connectivity index (χ3n) is 4.48. The van der Waals surface area contributed by atoms with E-state index in [9.17, 15) is 0 Å². The van der Waals surface area contributed by atoms with Gasteiger partial charge < -0.3 is 5.73 Å². The predicted molar refractivity (Wildman–Crippen MR) is 77.7 cm³/mol. The minimum atomic E-state index is 0.325. The molecule has 0 radical (unpaired) electrons. The highest BCUT2D eigenvalue weighted by Crippen LogP contribution is 2.28. The molecule has 1 heterocycles. The van der Waals surface area contributed by atoms with Crippen molar-refractivity contribution in [3.05, 3.63) is 34.9 Å². The third-order valence-corrected chi connectivity index (χ3v) is 4.48. The molecule has 2 rings (SSSR count). The van der Waals surface area contributed by atoms with Crippen molar-refractivity contribution < 1.29 is 0 Å². The van der Waals surface area contributed by atoms with Gasteiger partial charge in [0.2, 0.25) is 0 Å². The summed E-state index contributed by atoms with van der Waals surface area (Å²) < 4.78 is 0. The molecule has 3 atom stereocenters. The first kappa shape index (κ1) is 13.6. The van der Waals surface area contributed by atoms with Gasteiger partial charge in [-0.3, -0.25) is 4.90 Å². The van der Waals surface area contributed by atoms with Crippen LogP contribution in [0, 0.1) is 19.8 Å². The quantitative estimate of drug-likeness (QED) is 0.869. The van der Waals surface area contributed by atoms with Crippen molar-refractivity contribution in [1.29, 1.82) is 0 Å². The van der Waals surface area contributed by atoms with E-state index in [2.05, 4.69) is 50.8 Å². The van der Waals surface area contributed by atoms with Gasteiger partial charge in [-0.05, 0) is 50.8 Å².